The van der Waals surface area contributed by atoms with E-state index < -0.39 is 0 Å². The molecule has 0 aromatic heterocycles. The van der Waals surface area contributed by atoms with Gasteiger partial charge in [-0.1, -0.05) is 36.4 Å². The van der Waals surface area contributed by atoms with E-state index in [4.69, 9.17) is 9.47 Å². The van der Waals surface area contributed by atoms with Crippen LogP contribution in [0.3, 0.4) is 0 Å². The van der Waals surface area contributed by atoms with Crippen molar-refractivity contribution in [2.45, 2.75) is 31.5 Å². The normalized spacial score (nSPS) is 24.1. The Bertz CT molecular complexity index is 899. The maximum absolute atomic E-state index is 13.1. The summed E-state index contributed by atoms with van der Waals surface area (Å²) in [5, 5.41) is 3.31. The number of carbonyl (C=O) groups excluding carboxylic acids is 1. The Hall–Kier alpha value is -2.61. The lowest BCUT2D eigenvalue weighted by Gasteiger charge is -2.33. The smallest absolute Gasteiger partial charge is 0.226 e. The third-order valence-electron chi connectivity index (χ3n) is 6.43. The molecule has 5 rings (SSSR count). The van der Waals surface area contributed by atoms with Crippen molar-refractivity contribution < 1.29 is 14.3 Å². The van der Waals surface area contributed by atoms with E-state index >= 15 is 0 Å². The van der Waals surface area contributed by atoms with Gasteiger partial charge in [0.1, 0.15) is 13.2 Å². The third kappa shape index (κ3) is 4.69. The third-order valence-corrected chi connectivity index (χ3v) is 6.43. The van der Waals surface area contributed by atoms with Crippen LogP contribution in [0.1, 0.15) is 30.0 Å². The molecule has 0 radical (unpaired) electrons. The minimum atomic E-state index is -0.162. The fraction of sp³-hybridized carbons (Fsp3) is 0.458. The van der Waals surface area contributed by atoms with Gasteiger partial charge in [-0.25, -0.2) is 5.43 Å². The topological polar surface area (TPSA) is 74.9 Å². The minimum Gasteiger partial charge on any atom is -0.486 e. The van der Waals surface area contributed by atoms with Gasteiger partial charge in [0, 0.05) is 32.2 Å². The standard InChI is InChI=1S/C24H30N4O3/c29-24(26-19-8-10-28(11-9-19)16-17-4-2-1-3-5-17)20-15-25-27-23(20)18-6-7-21-22(14-18)31-13-12-30-21/h1-7,14,19-20,23,25,27H,8-13,15-16H2,(H,26,29). The maximum atomic E-state index is 13.1. The average molecular weight is 423 g/mol. The van der Waals surface area contributed by atoms with Gasteiger partial charge in [-0.15, -0.1) is 0 Å². The van der Waals surface area contributed by atoms with Crippen molar-refractivity contribution in [3.05, 3.63) is 59.7 Å². The van der Waals surface area contributed by atoms with E-state index in [1.54, 1.807) is 0 Å². The first-order valence-corrected chi connectivity index (χ1v) is 11.2. The molecule has 3 heterocycles. The maximum Gasteiger partial charge on any atom is 0.226 e. The van der Waals surface area contributed by atoms with E-state index in [0.29, 0.717) is 19.8 Å². The molecule has 31 heavy (non-hydrogen) atoms. The number of likely N-dealkylation sites (tertiary alicyclic amines) is 1. The largest absolute Gasteiger partial charge is 0.486 e. The van der Waals surface area contributed by atoms with Crippen molar-refractivity contribution in [1.82, 2.24) is 21.1 Å². The van der Waals surface area contributed by atoms with Crippen molar-refractivity contribution in [2.24, 2.45) is 5.92 Å². The van der Waals surface area contributed by atoms with Crippen LogP contribution >= 0.6 is 0 Å². The SMILES string of the molecule is O=C(NC1CCN(Cc2ccccc2)CC1)C1CNNC1c1ccc2c(c1)OCCO2. The molecule has 1 amide bonds. The van der Waals surface area contributed by atoms with E-state index in [2.05, 4.69) is 51.4 Å². The number of amides is 1. The van der Waals surface area contributed by atoms with Crippen LogP contribution in [-0.2, 0) is 11.3 Å². The van der Waals surface area contributed by atoms with Crippen LogP contribution in [0.4, 0.5) is 0 Å². The summed E-state index contributed by atoms with van der Waals surface area (Å²) in [6.07, 6.45) is 1.97. The molecule has 7 nitrogen and oxygen atoms in total. The molecule has 0 spiro atoms. The summed E-state index contributed by atoms with van der Waals surface area (Å²) in [7, 11) is 0. The van der Waals surface area contributed by atoms with Crippen LogP contribution in [-0.4, -0.2) is 49.7 Å². The molecule has 2 saturated heterocycles. The van der Waals surface area contributed by atoms with Crippen molar-refractivity contribution in [3.63, 3.8) is 0 Å². The van der Waals surface area contributed by atoms with Gasteiger partial charge in [0.2, 0.25) is 5.91 Å². The van der Waals surface area contributed by atoms with E-state index in [-0.39, 0.29) is 23.9 Å². The van der Waals surface area contributed by atoms with Crippen molar-refractivity contribution >= 4 is 5.91 Å². The number of hydrazine groups is 1. The number of ether oxygens (including phenoxy) is 2. The molecule has 0 saturated carbocycles. The fourth-order valence-corrected chi connectivity index (χ4v) is 4.70. The van der Waals surface area contributed by atoms with E-state index in [9.17, 15) is 4.79 Å². The lowest BCUT2D eigenvalue weighted by Crippen LogP contribution is -2.47. The molecular weight excluding hydrogens is 392 g/mol. The highest BCUT2D eigenvalue weighted by Gasteiger charge is 2.36. The molecule has 164 valence electrons. The molecule has 0 bridgehead atoms. The Morgan fingerprint density at radius 1 is 1.03 bits per heavy atom. The fourth-order valence-electron chi connectivity index (χ4n) is 4.70. The number of nitrogens with zero attached hydrogens (tertiary/aromatic N) is 1. The predicted octanol–water partition coefficient (Wildman–Crippen LogP) is 2.00. The van der Waals surface area contributed by atoms with Gasteiger partial charge < -0.3 is 14.8 Å². The number of hydrogen-bond acceptors (Lipinski definition) is 6. The number of benzene rings is 2. The summed E-state index contributed by atoms with van der Waals surface area (Å²) in [6.45, 7) is 4.73. The molecule has 2 atom stereocenters. The quantitative estimate of drug-likeness (QED) is 0.685. The zero-order valence-electron chi connectivity index (χ0n) is 17.7. The number of fused-ring (bicyclic) bond motifs is 1. The zero-order chi connectivity index (χ0) is 21.0. The molecule has 3 aliphatic rings. The number of carbonyl (C=O) groups is 1. The molecule has 2 aromatic carbocycles. The van der Waals surface area contributed by atoms with Gasteiger partial charge in [0.25, 0.3) is 0 Å². The number of piperidine rings is 1. The van der Waals surface area contributed by atoms with E-state index in [1.807, 2.05) is 18.2 Å². The number of hydrogen-bond donors (Lipinski definition) is 3. The molecule has 3 aliphatic heterocycles. The first-order valence-electron chi connectivity index (χ1n) is 11.2. The Kier molecular flexibility index (Phi) is 6.06. The van der Waals surface area contributed by atoms with Crippen LogP contribution < -0.4 is 25.6 Å². The van der Waals surface area contributed by atoms with Crippen LogP contribution in [0.25, 0.3) is 0 Å². The van der Waals surface area contributed by atoms with Gasteiger partial charge in [0.15, 0.2) is 11.5 Å². The second kappa shape index (κ2) is 9.26. The van der Waals surface area contributed by atoms with E-state index in [1.165, 1.54) is 5.56 Å². The summed E-state index contributed by atoms with van der Waals surface area (Å²) in [4.78, 5) is 15.6. The lowest BCUT2D eigenvalue weighted by atomic mass is 9.93. The van der Waals surface area contributed by atoms with Crippen molar-refractivity contribution in [3.8, 4) is 11.5 Å². The first-order chi connectivity index (χ1) is 15.3. The highest BCUT2D eigenvalue weighted by atomic mass is 16.6. The number of nitrogens with one attached hydrogen (secondary N) is 3. The zero-order valence-corrected chi connectivity index (χ0v) is 17.7. The molecule has 2 unspecified atom stereocenters. The monoisotopic (exact) mass is 422 g/mol. The molecule has 2 aromatic rings. The van der Waals surface area contributed by atoms with Gasteiger partial charge in [0.05, 0.1) is 12.0 Å². The lowest BCUT2D eigenvalue weighted by molar-refractivity contribution is -0.126. The average Bonchev–Trinajstić information content (AvgIpc) is 3.31. The highest BCUT2D eigenvalue weighted by Crippen LogP contribution is 2.35. The Morgan fingerprint density at radius 3 is 2.61 bits per heavy atom. The molecule has 0 aliphatic carbocycles. The Balaban J connectivity index is 1.16. The summed E-state index contributed by atoms with van der Waals surface area (Å²) in [5.41, 5.74) is 8.81. The second-order valence-corrected chi connectivity index (χ2v) is 8.56. The summed E-state index contributed by atoms with van der Waals surface area (Å²) in [5.74, 6) is 1.47. The summed E-state index contributed by atoms with van der Waals surface area (Å²) >= 11 is 0. The summed E-state index contributed by atoms with van der Waals surface area (Å²) in [6, 6.07) is 16.7. The van der Waals surface area contributed by atoms with Crippen molar-refractivity contribution in [2.75, 3.05) is 32.8 Å². The van der Waals surface area contributed by atoms with Crippen LogP contribution in [0, 0.1) is 5.92 Å². The van der Waals surface area contributed by atoms with Gasteiger partial charge in [-0.05, 0) is 36.1 Å². The summed E-state index contributed by atoms with van der Waals surface area (Å²) < 4.78 is 11.3. The van der Waals surface area contributed by atoms with Crippen LogP contribution in [0.2, 0.25) is 0 Å². The van der Waals surface area contributed by atoms with E-state index in [0.717, 1.165) is 49.5 Å². The minimum absolute atomic E-state index is 0.0889. The Labute approximate surface area is 183 Å². The predicted molar refractivity (Wildman–Crippen MR) is 118 cm³/mol. The molecular formula is C24H30N4O3. The first kappa shape index (κ1) is 20.3. The van der Waals surface area contributed by atoms with Crippen molar-refractivity contribution in [1.29, 1.82) is 0 Å². The molecule has 2 fully saturated rings. The second-order valence-electron chi connectivity index (χ2n) is 8.56. The Morgan fingerprint density at radius 2 is 1.81 bits per heavy atom. The van der Waals surface area contributed by atoms with Gasteiger partial charge in [-0.3, -0.25) is 15.1 Å². The van der Waals surface area contributed by atoms with Gasteiger partial charge in [-0.2, -0.15) is 0 Å². The number of rotatable bonds is 5. The molecule has 7 heteroatoms. The van der Waals surface area contributed by atoms with Crippen LogP contribution in [0.15, 0.2) is 48.5 Å². The highest BCUT2D eigenvalue weighted by molar-refractivity contribution is 5.80. The molecule has 3 N–H and O–H groups in total. The van der Waals surface area contributed by atoms with Gasteiger partial charge >= 0.3 is 0 Å². The van der Waals surface area contributed by atoms with Crippen LogP contribution in [0.5, 0.6) is 11.5 Å².